The van der Waals surface area contributed by atoms with Gasteiger partial charge in [0.15, 0.2) is 11.6 Å². The van der Waals surface area contributed by atoms with E-state index in [0.717, 1.165) is 5.69 Å². The van der Waals surface area contributed by atoms with Gasteiger partial charge in [0.1, 0.15) is 0 Å². The number of anilines is 4. The number of hydrogen-bond donors (Lipinski definition) is 2. The third-order valence-corrected chi connectivity index (χ3v) is 3.79. The number of ketones is 1. The van der Waals surface area contributed by atoms with E-state index in [0.29, 0.717) is 22.6 Å². The molecule has 3 rings (SSSR count). The molecule has 0 atom stereocenters. The minimum Gasteiger partial charge on any atom is -0.462 e. The Labute approximate surface area is 162 Å². The second-order valence-corrected chi connectivity index (χ2v) is 5.81. The third-order valence-electron chi connectivity index (χ3n) is 3.79. The molecule has 0 saturated heterocycles. The van der Waals surface area contributed by atoms with Crippen LogP contribution in [0.3, 0.4) is 0 Å². The maximum Gasteiger partial charge on any atom is 0.340 e. The van der Waals surface area contributed by atoms with Crippen LogP contribution in [0.25, 0.3) is 0 Å². The summed E-state index contributed by atoms with van der Waals surface area (Å²) in [5.74, 6) is 0.254. The van der Waals surface area contributed by atoms with Gasteiger partial charge in [-0.3, -0.25) is 4.79 Å². The first kappa shape index (κ1) is 19.0. The number of nitrogens with one attached hydrogen (secondary N) is 2. The molecule has 0 aliphatic rings. The van der Waals surface area contributed by atoms with Gasteiger partial charge in [0.05, 0.1) is 24.1 Å². The molecule has 0 amide bonds. The fourth-order valence-corrected chi connectivity index (χ4v) is 2.45. The fraction of sp³-hybridized carbons (Fsp3) is 0.150. The number of ether oxygens (including phenoxy) is 1. The Hall–Kier alpha value is -3.81. The molecule has 2 aromatic carbocycles. The van der Waals surface area contributed by atoms with Gasteiger partial charge >= 0.3 is 5.97 Å². The van der Waals surface area contributed by atoms with Crippen LogP contribution in [0.5, 0.6) is 0 Å². The Kier molecular flexibility index (Phi) is 5.91. The van der Waals surface area contributed by atoms with Gasteiger partial charge in [-0.15, -0.1) is 5.10 Å². The zero-order valence-corrected chi connectivity index (χ0v) is 15.5. The molecule has 0 unspecified atom stereocenters. The average molecular weight is 377 g/mol. The molecule has 0 aliphatic heterocycles. The number of para-hydroxylation sites is 1. The van der Waals surface area contributed by atoms with Gasteiger partial charge < -0.3 is 15.4 Å². The predicted molar refractivity (Wildman–Crippen MR) is 105 cm³/mol. The quantitative estimate of drug-likeness (QED) is 0.474. The summed E-state index contributed by atoms with van der Waals surface area (Å²) in [5, 5.41) is 14.0. The lowest BCUT2D eigenvalue weighted by atomic mass is 10.1. The van der Waals surface area contributed by atoms with Crippen LogP contribution in [0.15, 0.2) is 54.7 Å². The van der Waals surface area contributed by atoms with Crippen molar-refractivity contribution in [1.82, 2.24) is 15.2 Å². The van der Waals surface area contributed by atoms with Crippen molar-refractivity contribution in [3.8, 4) is 0 Å². The number of nitrogens with zero attached hydrogens (tertiary/aromatic N) is 3. The smallest absolute Gasteiger partial charge is 0.340 e. The number of hydrogen-bond acceptors (Lipinski definition) is 8. The van der Waals surface area contributed by atoms with Crippen molar-refractivity contribution in [2.24, 2.45) is 0 Å². The number of rotatable bonds is 7. The van der Waals surface area contributed by atoms with Crippen molar-refractivity contribution in [3.05, 3.63) is 65.9 Å². The van der Waals surface area contributed by atoms with Crippen molar-refractivity contribution in [2.45, 2.75) is 13.8 Å². The highest BCUT2D eigenvalue weighted by Gasteiger charge is 2.13. The van der Waals surface area contributed by atoms with Crippen LogP contribution >= 0.6 is 0 Å². The van der Waals surface area contributed by atoms with Crippen LogP contribution in [-0.2, 0) is 4.74 Å². The summed E-state index contributed by atoms with van der Waals surface area (Å²) >= 11 is 0. The highest BCUT2D eigenvalue weighted by molar-refractivity contribution is 5.96. The van der Waals surface area contributed by atoms with E-state index < -0.39 is 5.97 Å². The van der Waals surface area contributed by atoms with Gasteiger partial charge in [0.25, 0.3) is 0 Å². The van der Waals surface area contributed by atoms with Crippen LogP contribution in [0, 0.1) is 0 Å². The molecule has 0 saturated carbocycles. The number of benzene rings is 2. The first-order chi connectivity index (χ1) is 13.6. The van der Waals surface area contributed by atoms with E-state index in [1.165, 1.54) is 13.1 Å². The summed E-state index contributed by atoms with van der Waals surface area (Å²) in [6, 6.07) is 13.9. The molecule has 1 heterocycles. The second kappa shape index (κ2) is 8.72. The number of esters is 1. The van der Waals surface area contributed by atoms with Crippen LogP contribution < -0.4 is 10.6 Å². The van der Waals surface area contributed by atoms with Gasteiger partial charge in [0, 0.05) is 11.3 Å². The summed E-state index contributed by atoms with van der Waals surface area (Å²) in [4.78, 5) is 27.8. The molecule has 8 nitrogen and oxygen atoms in total. The van der Waals surface area contributed by atoms with Gasteiger partial charge in [-0.05, 0) is 50.2 Å². The van der Waals surface area contributed by atoms with Crippen LogP contribution in [0.1, 0.15) is 34.6 Å². The summed E-state index contributed by atoms with van der Waals surface area (Å²) in [6.45, 7) is 3.55. The SMILES string of the molecule is CCOC(=O)c1ccccc1Nc1nncc(Nc2ccc(C(C)=O)cc2)n1. The Morgan fingerprint density at radius 2 is 1.79 bits per heavy atom. The van der Waals surface area contributed by atoms with E-state index in [1.54, 1.807) is 55.5 Å². The Bertz CT molecular complexity index is 989. The summed E-state index contributed by atoms with van der Waals surface area (Å²) in [7, 11) is 0. The molecule has 1 aromatic heterocycles. The normalized spacial score (nSPS) is 10.2. The van der Waals surface area contributed by atoms with Crippen molar-refractivity contribution in [3.63, 3.8) is 0 Å². The van der Waals surface area contributed by atoms with E-state index in [4.69, 9.17) is 4.74 Å². The first-order valence-corrected chi connectivity index (χ1v) is 8.67. The molecule has 28 heavy (non-hydrogen) atoms. The first-order valence-electron chi connectivity index (χ1n) is 8.67. The van der Waals surface area contributed by atoms with Gasteiger partial charge in [0.2, 0.25) is 5.95 Å². The Balaban J connectivity index is 1.77. The van der Waals surface area contributed by atoms with Crippen LogP contribution in [-0.4, -0.2) is 33.5 Å². The topological polar surface area (TPSA) is 106 Å². The zero-order valence-electron chi connectivity index (χ0n) is 15.5. The lowest BCUT2D eigenvalue weighted by Crippen LogP contribution is -2.09. The fourth-order valence-electron chi connectivity index (χ4n) is 2.45. The molecule has 0 aliphatic carbocycles. The van der Waals surface area contributed by atoms with E-state index in [2.05, 4.69) is 25.8 Å². The van der Waals surface area contributed by atoms with E-state index in [1.807, 2.05) is 0 Å². The lowest BCUT2D eigenvalue weighted by molar-refractivity contribution is 0.0527. The molecule has 3 aromatic rings. The summed E-state index contributed by atoms with van der Waals surface area (Å²) in [5.41, 5.74) is 2.28. The van der Waals surface area contributed by atoms with Gasteiger partial charge in [-0.25, -0.2) is 4.79 Å². The monoisotopic (exact) mass is 377 g/mol. The molecule has 142 valence electrons. The second-order valence-electron chi connectivity index (χ2n) is 5.81. The molecular weight excluding hydrogens is 358 g/mol. The van der Waals surface area contributed by atoms with Gasteiger partial charge in [-0.2, -0.15) is 10.1 Å². The van der Waals surface area contributed by atoms with E-state index in [-0.39, 0.29) is 18.3 Å². The van der Waals surface area contributed by atoms with Crippen molar-refractivity contribution in [2.75, 3.05) is 17.2 Å². The van der Waals surface area contributed by atoms with Crippen molar-refractivity contribution >= 4 is 34.9 Å². The highest BCUT2D eigenvalue weighted by Crippen LogP contribution is 2.21. The maximum absolute atomic E-state index is 12.1. The maximum atomic E-state index is 12.1. The Morgan fingerprint density at radius 1 is 1.04 bits per heavy atom. The van der Waals surface area contributed by atoms with E-state index >= 15 is 0 Å². The Morgan fingerprint density at radius 3 is 2.50 bits per heavy atom. The third kappa shape index (κ3) is 4.67. The standard InChI is InChI=1S/C20H19N5O3/c1-3-28-19(27)16-6-4-5-7-17(16)23-20-24-18(12-21-25-20)22-15-10-8-14(9-11-15)13(2)26/h4-12H,3H2,1-2H3,(H2,22,23,24,25). The minimum absolute atomic E-state index is 0.00186. The molecule has 0 bridgehead atoms. The number of aromatic nitrogens is 3. The zero-order chi connectivity index (χ0) is 19.9. The molecule has 0 spiro atoms. The minimum atomic E-state index is -0.432. The number of carbonyl (C=O) groups excluding carboxylic acids is 2. The van der Waals surface area contributed by atoms with Crippen LogP contribution in [0.4, 0.5) is 23.1 Å². The van der Waals surface area contributed by atoms with Crippen LogP contribution in [0.2, 0.25) is 0 Å². The van der Waals surface area contributed by atoms with Crippen molar-refractivity contribution < 1.29 is 14.3 Å². The number of carbonyl (C=O) groups is 2. The van der Waals surface area contributed by atoms with Gasteiger partial charge in [-0.1, -0.05) is 12.1 Å². The largest absolute Gasteiger partial charge is 0.462 e. The van der Waals surface area contributed by atoms with Crippen molar-refractivity contribution in [1.29, 1.82) is 0 Å². The molecule has 0 radical (unpaired) electrons. The molecule has 2 N–H and O–H groups in total. The highest BCUT2D eigenvalue weighted by atomic mass is 16.5. The molecule has 8 heteroatoms. The average Bonchev–Trinajstić information content (AvgIpc) is 2.69. The molecule has 0 fully saturated rings. The number of Topliss-reactive ketones (excluding diaryl/α,β-unsaturated/α-hetero) is 1. The predicted octanol–water partition coefficient (Wildman–Crippen LogP) is 3.74. The van der Waals surface area contributed by atoms with E-state index in [9.17, 15) is 9.59 Å². The summed E-state index contributed by atoms with van der Waals surface area (Å²) < 4.78 is 5.06. The lowest BCUT2D eigenvalue weighted by Gasteiger charge is -2.11. The summed E-state index contributed by atoms with van der Waals surface area (Å²) in [6.07, 6.45) is 1.47. The molecular formula is C20H19N5O3.